The molecule has 0 amide bonds. The van der Waals surface area contributed by atoms with Crippen molar-refractivity contribution in [2.24, 2.45) is 5.73 Å². The second kappa shape index (κ2) is 3.80. The van der Waals surface area contributed by atoms with Crippen LogP contribution in [0.4, 0.5) is 0 Å². The molecule has 0 atom stereocenters. The van der Waals surface area contributed by atoms with Crippen LogP contribution in [-0.4, -0.2) is 9.97 Å². The summed E-state index contributed by atoms with van der Waals surface area (Å²) in [5, 5.41) is 1.27. The quantitative estimate of drug-likeness (QED) is 0.754. The molecule has 0 saturated carbocycles. The largest absolute Gasteiger partial charge is 0.393 e. The standard InChI is InChI=1S/C11H12N2S/c12-11(14)6-5-8-7-13-10-4-2-1-3-9(8)10/h1-4,7,13H,5-6H2,(H2,12,14). The van der Waals surface area contributed by atoms with E-state index < -0.39 is 0 Å². The average molecular weight is 204 g/mol. The van der Waals surface area contributed by atoms with Gasteiger partial charge in [-0.2, -0.15) is 0 Å². The minimum atomic E-state index is 0.579. The van der Waals surface area contributed by atoms with E-state index in [0.29, 0.717) is 4.99 Å². The highest BCUT2D eigenvalue weighted by molar-refractivity contribution is 7.80. The molecule has 2 nitrogen and oxygen atoms in total. The fourth-order valence-electron chi connectivity index (χ4n) is 1.60. The highest BCUT2D eigenvalue weighted by Crippen LogP contribution is 2.18. The molecular formula is C11H12N2S. The fourth-order valence-corrected chi connectivity index (χ4v) is 1.70. The van der Waals surface area contributed by atoms with Crippen LogP contribution in [0.25, 0.3) is 10.9 Å². The third-order valence-electron chi connectivity index (χ3n) is 2.32. The van der Waals surface area contributed by atoms with Crippen LogP contribution in [0.1, 0.15) is 12.0 Å². The maximum absolute atomic E-state index is 5.47. The van der Waals surface area contributed by atoms with Crippen molar-refractivity contribution >= 4 is 28.1 Å². The first-order chi connectivity index (χ1) is 6.77. The lowest BCUT2D eigenvalue weighted by atomic mass is 10.1. The summed E-state index contributed by atoms with van der Waals surface area (Å²) in [5.74, 6) is 0. The Morgan fingerprint density at radius 2 is 2.14 bits per heavy atom. The molecule has 1 aromatic carbocycles. The van der Waals surface area contributed by atoms with Gasteiger partial charge < -0.3 is 10.7 Å². The van der Waals surface area contributed by atoms with Crippen molar-refractivity contribution in [1.82, 2.24) is 4.98 Å². The lowest BCUT2D eigenvalue weighted by molar-refractivity contribution is 1.05. The van der Waals surface area contributed by atoms with Crippen LogP contribution in [0.15, 0.2) is 30.5 Å². The fraction of sp³-hybridized carbons (Fsp3) is 0.182. The number of para-hydroxylation sites is 1. The summed E-state index contributed by atoms with van der Waals surface area (Å²) < 4.78 is 0. The second-order valence-corrected chi connectivity index (χ2v) is 3.85. The van der Waals surface area contributed by atoms with E-state index in [4.69, 9.17) is 18.0 Å². The van der Waals surface area contributed by atoms with Crippen molar-refractivity contribution in [2.75, 3.05) is 0 Å². The van der Waals surface area contributed by atoms with Crippen LogP contribution in [0.5, 0.6) is 0 Å². The number of aromatic amines is 1. The number of fused-ring (bicyclic) bond motifs is 1. The number of hydrogen-bond donors (Lipinski definition) is 2. The number of hydrogen-bond acceptors (Lipinski definition) is 1. The maximum atomic E-state index is 5.47. The molecule has 72 valence electrons. The van der Waals surface area contributed by atoms with E-state index in [1.807, 2.05) is 18.3 Å². The SMILES string of the molecule is NC(=S)CCc1c[nH]c2ccccc12. The molecule has 1 aromatic heterocycles. The van der Waals surface area contributed by atoms with Gasteiger partial charge in [0.25, 0.3) is 0 Å². The Morgan fingerprint density at radius 3 is 2.93 bits per heavy atom. The van der Waals surface area contributed by atoms with Gasteiger partial charge in [-0.1, -0.05) is 30.4 Å². The third kappa shape index (κ3) is 1.77. The number of rotatable bonds is 3. The molecule has 3 heteroatoms. The van der Waals surface area contributed by atoms with Gasteiger partial charge in [-0.15, -0.1) is 0 Å². The van der Waals surface area contributed by atoms with E-state index in [9.17, 15) is 0 Å². The molecule has 3 N–H and O–H groups in total. The van der Waals surface area contributed by atoms with Crippen LogP contribution in [0, 0.1) is 0 Å². The lowest BCUT2D eigenvalue weighted by Crippen LogP contribution is -2.08. The number of aromatic nitrogens is 1. The molecule has 0 bridgehead atoms. The molecule has 0 aliphatic carbocycles. The summed E-state index contributed by atoms with van der Waals surface area (Å²) >= 11 is 4.86. The van der Waals surface area contributed by atoms with Crippen LogP contribution in [0.2, 0.25) is 0 Å². The Hall–Kier alpha value is -1.35. The zero-order valence-electron chi connectivity index (χ0n) is 7.79. The minimum absolute atomic E-state index is 0.579. The average Bonchev–Trinajstić information content (AvgIpc) is 2.58. The monoisotopic (exact) mass is 204 g/mol. The predicted octanol–water partition coefficient (Wildman–Crippen LogP) is 2.39. The summed E-state index contributed by atoms with van der Waals surface area (Å²) in [6, 6.07) is 8.25. The van der Waals surface area contributed by atoms with Crippen molar-refractivity contribution < 1.29 is 0 Å². The number of aryl methyl sites for hydroxylation is 1. The van der Waals surface area contributed by atoms with Crippen LogP contribution in [-0.2, 0) is 6.42 Å². The van der Waals surface area contributed by atoms with E-state index in [1.165, 1.54) is 16.5 Å². The topological polar surface area (TPSA) is 41.8 Å². The third-order valence-corrected chi connectivity index (χ3v) is 2.52. The molecule has 0 fully saturated rings. The van der Waals surface area contributed by atoms with Crippen LogP contribution < -0.4 is 5.73 Å². The zero-order valence-corrected chi connectivity index (χ0v) is 8.60. The van der Waals surface area contributed by atoms with E-state index >= 15 is 0 Å². The molecule has 0 aliphatic heterocycles. The smallest absolute Gasteiger partial charge is 0.0730 e. The summed E-state index contributed by atoms with van der Waals surface area (Å²) in [5.41, 5.74) is 7.93. The number of nitrogens with one attached hydrogen (secondary N) is 1. The Labute approximate surface area is 88.1 Å². The molecule has 0 aliphatic rings. The van der Waals surface area contributed by atoms with Gasteiger partial charge >= 0.3 is 0 Å². The van der Waals surface area contributed by atoms with Crippen molar-refractivity contribution in [2.45, 2.75) is 12.8 Å². The first kappa shape index (κ1) is 9.21. The van der Waals surface area contributed by atoms with E-state index in [0.717, 1.165) is 12.8 Å². The van der Waals surface area contributed by atoms with E-state index in [1.54, 1.807) is 0 Å². The Morgan fingerprint density at radius 1 is 1.36 bits per heavy atom. The van der Waals surface area contributed by atoms with Crippen molar-refractivity contribution in [1.29, 1.82) is 0 Å². The molecule has 0 radical (unpaired) electrons. The normalized spacial score (nSPS) is 10.6. The van der Waals surface area contributed by atoms with E-state index in [-0.39, 0.29) is 0 Å². The van der Waals surface area contributed by atoms with Gasteiger partial charge in [-0.25, -0.2) is 0 Å². The second-order valence-electron chi connectivity index (χ2n) is 3.33. The molecule has 1 heterocycles. The highest BCUT2D eigenvalue weighted by atomic mass is 32.1. The first-order valence-electron chi connectivity index (χ1n) is 4.60. The minimum Gasteiger partial charge on any atom is -0.393 e. The molecular weight excluding hydrogens is 192 g/mol. The van der Waals surface area contributed by atoms with Crippen LogP contribution >= 0.6 is 12.2 Å². The Kier molecular flexibility index (Phi) is 2.50. The highest BCUT2D eigenvalue weighted by Gasteiger charge is 2.02. The molecule has 0 unspecified atom stereocenters. The zero-order chi connectivity index (χ0) is 9.97. The van der Waals surface area contributed by atoms with Crippen molar-refractivity contribution in [3.05, 3.63) is 36.0 Å². The van der Waals surface area contributed by atoms with Gasteiger partial charge in [-0.3, -0.25) is 0 Å². The molecule has 2 rings (SSSR count). The first-order valence-corrected chi connectivity index (χ1v) is 5.01. The molecule has 14 heavy (non-hydrogen) atoms. The van der Waals surface area contributed by atoms with Crippen molar-refractivity contribution in [3.63, 3.8) is 0 Å². The van der Waals surface area contributed by atoms with Crippen LogP contribution in [0.3, 0.4) is 0 Å². The molecule has 0 saturated heterocycles. The molecule has 0 spiro atoms. The van der Waals surface area contributed by atoms with Gasteiger partial charge in [0.15, 0.2) is 0 Å². The summed E-state index contributed by atoms with van der Waals surface area (Å²) in [6.45, 7) is 0. The van der Waals surface area contributed by atoms with Gasteiger partial charge in [0.05, 0.1) is 4.99 Å². The maximum Gasteiger partial charge on any atom is 0.0730 e. The predicted molar refractivity (Wildman–Crippen MR) is 63.4 cm³/mol. The van der Waals surface area contributed by atoms with Gasteiger partial charge in [0.1, 0.15) is 0 Å². The summed E-state index contributed by atoms with van der Waals surface area (Å²) in [7, 11) is 0. The number of thiocarbonyl (C=S) groups is 1. The number of benzene rings is 1. The summed E-state index contributed by atoms with van der Waals surface area (Å²) in [6.07, 6.45) is 3.72. The Bertz CT molecular complexity index is 459. The Balaban J connectivity index is 2.29. The number of nitrogens with two attached hydrogens (primary N) is 1. The molecule has 2 aromatic rings. The van der Waals surface area contributed by atoms with Gasteiger partial charge in [0, 0.05) is 23.5 Å². The van der Waals surface area contributed by atoms with E-state index in [2.05, 4.69) is 17.1 Å². The lowest BCUT2D eigenvalue weighted by Gasteiger charge is -1.97. The summed E-state index contributed by atoms with van der Waals surface area (Å²) in [4.78, 5) is 3.81. The van der Waals surface area contributed by atoms with Gasteiger partial charge in [0.2, 0.25) is 0 Å². The van der Waals surface area contributed by atoms with Crippen molar-refractivity contribution in [3.8, 4) is 0 Å². The van der Waals surface area contributed by atoms with Gasteiger partial charge in [-0.05, 0) is 18.1 Å². The number of H-pyrrole nitrogens is 1.